The first-order valence-corrected chi connectivity index (χ1v) is 7.37. The highest BCUT2D eigenvalue weighted by Gasteiger charge is 2.09. The highest BCUT2D eigenvalue weighted by Crippen LogP contribution is 2.22. The molecule has 0 fully saturated rings. The zero-order valence-electron chi connectivity index (χ0n) is 11.7. The number of thiazole rings is 1. The van der Waals surface area contributed by atoms with Crippen molar-refractivity contribution < 1.29 is 4.79 Å². The van der Waals surface area contributed by atoms with Gasteiger partial charge < -0.3 is 5.32 Å². The Morgan fingerprint density at radius 3 is 2.90 bits per heavy atom. The number of carbonyl (C=O) groups is 1. The first-order valence-electron chi connectivity index (χ1n) is 6.55. The van der Waals surface area contributed by atoms with E-state index in [0.29, 0.717) is 18.9 Å². The van der Waals surface area contributed by atoms with E-state index >= 15 is 0 Å². The molecule has 0 saturated heterocycles. The largest absolute Gasteiger partial charge is 0.326 e. The Labute approximate surface area is 121 Å². The zero-order chi connectivity index (χ0) is 14.7. The van der Waals surface area contributed by atoms with Crippen molar-refractivity contribution in [3.8, 4) is 0 Å². The third-order valence-electron chi connectivity index (χ3n) is 2.86. The van der Waals surface area contributed by atoms with Crippen LogP contribution in [0.25, 0.3) is 10.2 Å². The number of amides is 1. The second kappa shape index (κ2) is 6.05. The van der Waals surface area contributed by atoms with Crippen molar-refractivity contribution in [1.82, 2.24) is 4.57 Å². The molecule has 2 aromatic rings. The molecule has 1 amide bonds. The summed E-state index contributed by atoms with van der Waals surface area (Å²) in [6.07, 6.45) is 2.19. The van der Waals surface area contributed by atoms with Crippen molar-refractivity contribution in [3.63, 3.8) is 0 Å². The van der Waals surface area contributed by atoms with Crippen LogP contribution in [0.5, 0.6) is 0 Å². The van der Waals surface area contributed by atoms with Gasteiger partial charge >= 0.3 is 4.87 Å². The number of aromatic nitrogens is 1. The predicted molar refractivity (Wildman–Crippen MR) is 84.4 cm³/mol. The minimum absolute atomic E-state index is 0.00257. The van der Waals surface area contributed by atoms with Crippen LogP contribution in [0.1, 0.15) is 20.3 Å². The molecule has 1 heterocycles. The molecule has 2 rings (SSSR count). The molecule has 0 bridgehead atoms. The molecule has 1 aromatic carbocycles. The summed E-state index contributed by atoms with van der Waals surface area (Å²) in [5, 5.41) is 2.86. The quantitative estimate of drug-likeness (QED) is 0.859. The first kappa shape index (κ1) is 14.5. The molecule has 5 heteroatoms. The molecule has 0 saturated carbocycles. The average molecular weight is 290 g/mol. The van der Waals surface area contributed by atoms with E-state index in [-0.39, 0.29) is 10.8 Å². The molecule has 0 unspecified atom stereocenters. The van der Waals surface area contributed by atoms with Crippen LogP contribution in [0.4, 0.5) is 5.69 Å². The molecular weight excluding hydrogens is 272 g/mol. The van der Waals surface area contributed by atoms with Crippen molar-refractivity contribution in [2.45, 2.75) is 26.8 Å². The van der Waals surface area contributed by atoms with Gasteiger partial charge in [-0.25, -0.2) is 0 Å². The fraction of sp³-hybridized carbons (Fsp3) is 0.333. The van der Waals surface area contributed by atoms with Crippen LogP contribution in [-0.2, 0) is 11.3 Å². The topological polar surface area (TPSA) is 51.1 Å². The molecule has 0 spiro atoms. The van der Waals surface area contributed by atoms with E-state index in [4.69, 9.17) is 0 Å². The Balaban J connectivity index is 2.28. The van der Waals surface area contributed by atoms with Crippen LogP contribution in [0.3, 0.4) is 0 Å². The van der Waals surface area contributed by atoms with Gasteiger partial charge in [0.05, 0.1) is 10.2 Å². The lowest BCUT2D eigenvalue weighted by Gasteiger charge is -2.07. The fourth-order valence-corrected chi connectivity index (χ4v) is 2.97. The number of fused-ring (bicyclic) bond motifs is 1. The number of nitrogens with zero attached hydrogens (tertiary/aromatic N) is 1. The van der Waals surface area contributed by atoms with Crippen molar-refractivity contribution in [3.05, 3.63) is 40.5 Å². The van der Waals surface area contributed by atoms with E-state index in [0.717, 1.165) is 15.9 Å². The molecule has 106 valence electrons. The summed E-state index contributed by atoms with van der Waals surface area (Å²) in [5.41, 5.74) is 1.61. The van der Waals surface area contributed by atoms with Crippen molar-refractivity contribution >= 4 is 33.1 Å². The van der Waals surface area contributed by atoms with E-state index < -0.39 is 0 Å². The Hall–Kier alpha value is -1.88. The summed E-state index contributed by atoms with van der Waals surface area (Å²) in [6, 6.07) is 5.53. The Kier molecular flexibility index (Phi) is 4.39. The van der Waals surface area contributed by atoms with E-state index in [1.165, 1.54) is 11.3 Å². The Bertz CT molecular complexity index is 697. The van der Waals surface area contributed by atoms with Crippen LogP contribution in [0, 0.1) is 5.92 Å². The van der Waals surface area contributed by atoms with Gasteiger partial charge in [0.1, 0.15) is 0 Å². The van der Waals surface area contributed by atoms with Gasteiger partial charge in [-0.15, -0.1) is 6.58 Å². The first-order chi connectivity index (χ1) is 9.51. The van der Waals surface area contributed by atoms with E-state index in [1.807, 2.05) is 32.0 Å². The highest BCUT2D eigenvalue weighted by molar-refractivity contribution is 7.16. The maximum absolute atomic E-state index is 11.9. The van der Waals surface area contributed by atoms with E-state index in [9.17, 15) is 9.59 Å². The van der Waals surface area contributed by atoms with Gasteiger partial charge in [0.25, 0.3) is 0 Å². The maximum Gasteiger partial charge on any atom is 0.308 e. The predicted octanol–water partition coefficient (Wildman–Crippen LogP) is 3.23. The summed E-state index contributed by atoms with van der Waals surface area (Å²) < 4.78 is 2.55. The van der Waals surface area contributed by atoms with Gasteiger partial charge in [0, 0.05) is 18.7 Å². The Morgan fingerprint density at radius 2 is 2.25 bits per heavy atom. The minimum atomic E-state index is -0.00874. The smallest absolute Gasteiger partial charge is 0.308 e. The van der Waals surface area contributed by atoms with Gasteiger partial charge in [-0.1, -0.05) is 31.3 Å². The molecule has 0 aliphatic rings. The van der Waals surface area contributed by atoms with Crippen molar-refractivity contribution in [2.75, 3.05) is 5.32 Å². The van der Waals surface area contributed by atoms with E-state index in [2.05, 4.69) is 11.9 Å². The van der Waals surface area contributed by atoms with Gasteiger partial charge in [-0.3, -0.25) is 14.2 Å². The molecule has 4 nitrogen and oxygen atoms in total. The summed E-state index contributed by atoms with van der Waals surface area (Å²) >= 11 is 1.18. The third-order valence-corrected chi connectivity index (χ3v) is 3.80. The number of hydrogen-bond donors (Lipinski definition) is 1. The minimum Gasteiger partial charge on any atom is -0.326 e. The number of allylic oxidation sites excluding steroid dienone is 1. The van der Waals surface area contributed by atoms with Crippen molar-refractivity contribution in [2.24, 2.45) is 5.92 Å². The van der Waals surface area contributed by atoms with Gasteiger partial charge in [-0.2, -0.15) is 0 Å². The number of benzene rings is 1. The summed E-state index contributed by atoms with van der Waals surface area (Å²) in [7, 11) is 0. The number of rotatable bonds is 5. The lowest BCUT2D eigenvalue weighted by molar-refractivity contribution is -0.116. The van der Waals surface area contributed by atoms with Gasteiger partial charge in [0.2, 0.25) is 5.91 Å². The summed E-state index contributed by atoms with van der Waals surface area (Å²) in [4.78, 5) is 23.6. The second-order valence-corrected chi connectivity index (χ2v) is 6.09. The summed E-state index contributed by atoms with van der Waals surface area (Å²) in [5.74, 6) is 0.320. The van der Waals surface area contributed by atoms with Crippen LogP contribution < -0.4 is 10.2 Å². The molecule has 0 atom stereocenters. The Morgan fingerprint density at radius 1 is 1.50 bits per heavy atom. The molecular formula is C15H18N2O2S. The number of anilines is 1. The van der Waals surface area contributed by atoms with Crippen LogP contribution in [-0.4, -0.2) is 10.5 Å². The molecule has 0 aliphatic heterocycles. The number of carbonyl (C=O) groups excluding carboxylic acids is 1. The zero-order valence-corrected chi connectivity index (χ0v) is 12.5. The highest BCUT2D eigenvalue weighted by atomic mass is 32.1. The number of hydrogen-bond acceptors (Lipinski definition) is 3. The van der Waals surface area contributed by atoms with Crippen molar-refractivity contribution in [1.29, 1.82) is 0 Å². The molecule has 1 N–H and O–H groups in total. The SMILES string of the molecule is C=CCn1c(=O)sc2cc(NC(=O)CC(C)C)ccc21. The van der Waals surface area contributed by atoms with Crippen LogP contribution in [0.15, 0.2) is 35.6 Å². The lowest BCUT2D eigenvalue weighted by atomic mass is 10.1. The normalized spacial score (nSPS) is 10.9. The lowest BCUT2D eigenvalue weighted by Crippen LogP contribution is -2.13. The molecule has 20 heavy (non-hydrogen) atoms. The van der Waals surface area contributed by atoms with Crippen LogP contribution in [0.2, 0.25) is 0 Å². The molecule has 0 radical (unpaired) electrons. The fourth-order valence-electron chi connectivity index (χ4n) is 2.03. The molecule has 1 aromatic heterocycles. The van der Waals surface area contributed by atoms with Crippen LogP contribution >= 0.6 is 11.3 Å². The molecule has 0 aliphatic carbocycles. The van der Waals surface area contributed by atoms with E-state index in [1.54, 1.807) is 10.6 Å². The monoisotopic (exact) mass is 290 g/mol. The third kappa shape index (κ3) is 3.17. The van der Waals surface area contributed by atoms with Gasteiger partial charge in [-0.05, 0) is 24.1 Å². The summed E-state index contributed by atoms with van der Waals surface area (Å²) in [6.45, 7) is 8.16. The second-order valence-electron chi connectivity index (χ2n) is 5.10. The van der Waals surface area contributed by atoms with Gasteiger partial charge in [0.15, 0.2) is 0 Å². The number of nitrogens with one attached hydrogen (secondary N) is 1. The standard InChI is InChI=1S/C15H18N2O2S/c1-4-7-17-12-6-5-11(9-13(12)20-15(17)19)16-14(18)8-10(2)3/h4-6,9-10H,1,7-8H2,2-3H3,(H,16,18). The average Bonchev–Trinajstić information content (AvgIpc) is 2.64. The maximum atomic E-state index is 11.9.